The fourth-order valence-corrected chi connectivity index (χ4v) is 1.86. The number of nitrogens with two attached hydrogens (primary N) is 1. The zero-order valence-electron chi connectivity index (χ0n) is 10.5. The lowest BCUT2D eigenvalue weighted by Crippen LogP contribution is -2.40. The van der Waals surface area contributed by atoms with Gasteiger partial charge in [-0.1, -0.05) is 12.1 Å². The molecule has 100 valence electrons. The van der Waals surface area contributed by atoms with Crippen molar-refractivity contribution in [1.82, 2.24) is 9.13 Å². The Morgan fingerprint density at radius 1 is 1.16 bits per heavy atom. The Kier molecular flexibility index (Phi) is 3.50. The van der Waals surface area contributed by atoms with Gasteiger partial charge in [0.15, 0.2) is 0 Å². The first-order valence-electron chi connectivity index (χ1n) is 5.87. The van der Waals surface area contributed by atoms with Crippen molar-refractivity contribution in [2.45, 2.75) is 20.0 Å². The van der Waals surface area contributed by atoms with Crippen molar-refractivity contribution in [1.29, 1.82) is 0 Å². The molecule has 5 nitrogen and oxygen atoms in total. The molecule has 1 aromatic heterocycles. The third kappa shape index (κ3) is 2.57. The third-order valence-corrected chi connectivity index (χ3v) is 2.88. The number of hydrogen-bond donors (Lipinski definition) is 1. The van der Waals surface area contributed by atoms with Crippen LogP contribution in [0.4, 0.5) is 10.2 Å². The van der Waals surface area contributed by atoms with E-state index in [4.69, 9.17) is 5.73 Å². The van der Waals surface area contributed by atoms with E-state index < -0.39 is 11.2 Å². The van der Waals surface area contributed by atoms with E-state index in [0.29, 0.717) is 0 Å². The molecule has 2 rings (SSSR count). The number of benzene rings is 1. The molecule has 1 heterocycles. The van der Waals surface area contributed by atoms with E-state index in [2.05, 4.69) is 0 Å². The molecule has 0 aliphatic heterocycles. The predicted molar refractivity (Wildman–Crippen MR) is 70.6 cm³/mol. The molecular formula is C13H14FN3O2. The van der Waals surface area contributed by atoms with E-state index in [9.17, 15) is 14.0 Å². The fraction of sp³-hybridized carbons (Fsp3) is 0.231. The Morgan fingerprint density at radius 2 is 1.79 bits per heavy atom. The first-order valence-corrected chi connectivity index (χ1v) is 5.87. The molecule has 0 unspecified atom stereocenters. The number of rotatable bonds is 3. The van der Waals surface area contributed by atoms with Crippen molar-refractivity contribution in [3.63, 3.8) is 0 Å². The van der Waals surface area contributed by atoms with Gasteiger partial charge in [0.1, 0.15) is 11.6 Å². The summed E-state index contributed by atoms with van der Waals surface area (Å²) in [7, 11) is 0. The van der Waals surface area contributed by atoms with Gasteiger partial charge in [-0.15, -0.1) is 0 Å². The molecule has 0 amide bonds. The maximum atomic E-state index is 12.8. The highest BCUT2D eigenvalue weighted by Crippen LogP contribution is 2.06. The van der Waals surface area contributed by atoms with Gasteiger partial charge in [0, 0.05) is 12.6 Å². The lowest BCUT2D eigenvalue weighted by atomic mass is 10.2. The predicted octanol–water partition coefficient (Wildman–Crippen LogP) is 0.799. The normalized spacial score (nSPS) is 10.6. The smallest absolute Gasteiger partial charge is 0.332 e. The van der Waals surface area contributed by atoms with Gasteiger partial charge in [-0.3, -0.25) is 13.9 Å². The van der Waals surface area contributed by atoms with E-state index in [1.54, 1.807) is 19.1 Å². The second-order valence-electron chi connectivity index (χ2n) is 4.15. The Balaban J connectivity index is 2.48. The van der Waals surface area contributed by atoms with Gasteiger partial charge in [-0.25, -0.2) is 9.18 Å². The van der Waals surface area contributed by atoms with Gasteiger partial charge in [-0.05, 0) is 24.6 Å². The summed E-state index contributed by atoms with van der Waals surface area (Å²) in [5, 5.41) is 0. The summed E-state index contributed by atoms with van der Waals surface area (Å²) in [6, 6.07) is 6.98. The molecule has 0 saturated carbocycles. The number of anilines is 1. The van der Waals surface area contributed by atoms with Crippen LogP contribution in [0.5, 0.6) is 0 Å². The van der Waals surface area contributed by atoms with Crippen LogP contribution in [0.1, 0.15) is 12.5 Å². The average molecular weight is 263 g/mol. The van der Waals surface area contributed by atoms with Crippen LogP contribution in [0.15, 0.2) is 39.9 Å². The topological polar surface area (TPSA) is 70.0 Å². The summed E-state index contributed by atoms with van der Waals surface area (Å²) in [5.41, 5.74) is 5.55. The van der Waals surface area contributed by atoms with Gasteiger partial charge >= 0.3 is 5.69 Å². The summed E-state index contributed by atoms with van der Waals surface area (Å²) >= 11 is 0. The minimum atomic E-state index is -0.461. The number of halogens is 1. The van der Waals surface area contributed by atoms with Crippen LogP contribution in [0, 0.1) is 5.82 Å². The molecule has 6 heteroatoms. The lowest BCUT2D eigenvalue weighted by molar-refractivity contribution is 0.602. The molecule has 0 aliphatic rings. The van der Waals surface area contributed by atoms with Crippen molar-refractivity contribution >= 4 is 5.82 Å². The summed E-state index contributed by atoms with van der Waals surface area (Å²) in [6.07, 6.45) is 0. The molecule has 0 aliphatic carbocycles. The zero-order chi connectivity index (χ0) is 14.0. The fourth-order valence-electron chi connectivity index (χ4n) is 1.86. The van der Waals surface area contributed by atoms with Crippen LogP contribution in [-0.4, -0.2) is 9.13 Å². The summed E-state index contributed by atoms with van der Waals surface area (Å²) in [6.45, 7) is 2.19. The van der Waals surface area contributed by atoms with Crippen LogP contribution in [0.2, 0.25) is 0 Å². The van der Waals surface area contributed by atoms with Crippen LogP contribution >= 0.6 is 0 Å². The molecule has 0 fully saturated rings. The van der Waals surface area contributed by atoms with Crippen LogP contribution in [0.3, 0.4) is 0 Å². The SMILES string of the molecule is CCn1c(=O)cc(N)n(Cc2ccc(F)cc2)c1=O. The molecule has 19 heavy (non-hydrogen) atoms. The van der Waals surface area contributed by atoms with Crippen molar-refractivity contribution < 1.29 is 4.39 Å². The molecule has 0 saturated heterocycles. The van der Waals surface area contributed by atoms with E-state index in [0.717, 1.165) is 10.1 Å². The largest absolute Gasteiger partial charge is 0.385 e. The van der Waals surface area contributed by atoms with Gasteiger partial charge in [-0.2, -0.15) is 0 Å². The number of hydrogen-bond acceptors (Lipinski definition) is 3. The summed E-state index contributed by atoms with van der Waals surface area (Å²) in [5.74, 6) is -0.244. The second kappa shape index (κ2) is 5.09. The monoisotopic (exact) mass is 263 g/mol. The molecule has 1 aromatic carbocycles. The molecule has 2 aromatic rings. The number of nitrogen functional groups attached to an aromatic ring is 1. The van der Waals surface area contributed by atoms with E-state index in [1.807, 2.05) is 0 Å². The van der Waals surface area contributed by atoms with Gasteiger partial charge in [0.05, 0.1) is 6.54 Å². The second-order valence-corrected chi connectivity index (χ2v) is 4.15. The average Bonchev–Trinajstić information content (AvgIpc) is 2.37. The minimum absolute atomic E-state index is 0.101. The quantitative estimate of drug-likeness (QED) is 0.890. The van der Waals surface area contributed by atoms with Crippen molar-refractivity contribution in [2.24, 2.45) is 0 Å². The maximum Gasteiger partial charge on any atom is 0.332 e. The highest BCUT2D eigenvalue weighted by atomic mass is 19.1. The highest BCUT2D eigenvalue weighted by molar-refractivity contribution is 5.28. The first-order chi connectivity index (χ1) is 9.02. The van der Waals surface area contributed by atoms with E-state index in [1.165, 1.54) is 22.8 Å². The summed E-state index contributed by atoms with van der Waals surface area (Å²) in [4.78, 5) is 23.6. The molecule has 0 radical (unpaired) electrons. The Morgan fingerprint density at radius 3 is 2.37 bits per heavy atom. The molecule has 0 atom stereocenters. The third-order valence-electron chi connectivity index (χ3n) is 2.88. The van der Waals surface area contributed by atoms with Gasteiger partial charge in [0.2, 0.25) is 0 Å². The standard InChI is InChI=1S/C13H14FN3O2/c1-2-16-12(18)7-11(15)17(13(16)19)8-9-3-5-10(14)6-4-9/h3-7H,2,8,15H2,1H3. The maximum absolute atomic E-state index is 12.8. The summed E-state index contributed by atoms with van der Waals surface area (Å²) < 4.78 is 15.2. The molecule has 0 bridgehead atoms. The van der Waals surface area contributed by atoms with Crippen LogP contribution in [0.25, 0.3) is 0 Å². The number of aromatic nitrogens is 2. The Labute approximate surface area is 108 Å². The van der Waals surface area contributed by atoms with Crippen LogP contribution in [-0.2, 0) is 13.1 Å². The minimum Gasteiger partial charge on any atom is -0.385 e. The Bertz CT molecular complexity index is 701. The molecule has 2 N–H and O–H groups in total. The van der Waals surface area contributed by atoms with Crippen molar-refractivity contribution in [3.05, 3.63) is 62.6 Å². The van der Waals surface area contributed by atoms with Crippen LogP contribution < -0.4 is 17.0 Å². The number of nitrogens with zero attached hydrogens (tertiary/aromatic N) is 2. The van der Waals surface area contributed by atoms with Crippen molar-refractivity contribution in [2.75, 3.05) is 5.73 Å². The first kappa shape index (κ1) is 13.1. The molecular weight excluding hydrogens is 249 g/mol. The Hall–Kier alpha value is -2.37. The van der Waals surface area contributed by atoms with Gasteiger partial charge < -0.3 is 5.73 Å². The van der Waals surface area contributed by atoms with E-state index in [-0.39, 0.29) is 24.7 Å². The highest BCUT2D eigenvalue weighted by Gasteiger charge is 2.08. The zero-order valence-corrected chi connectivity index (χ0v) is 10.5. The van der Waals surface area contributed by atoms with Crippen molar-refractivity contribution in [3.8, 4) is 0 Å². The lowest BCUT2D eigenvalue weighted by Gasteiger charge is -2.11. The van der Waals surface area contributed by atoms with E-state index >= 15 is 0 Å². The molecule has 0 spiro atoms. The van der Waals surface area contributed by atoms with Gasteiger partial charge in [0.25, 0.3) is 5.56 Å².